The fourth-order valence-electron chi connectivity index (χ4n) is 1.14. The van der Waals surface area contributed by atoms with Crippen LogP contribution in [0.15, 0.2) is 0 Å². The molecule has 0 saturated heterocycles. The molecule has 0 bridgehead atoms. The fourth-order valence-corrected chi connectivity index (χ4v) is 1.22. The highest BCUT2D eigenvalue weighted by Crippen LogP contribution is 1.84. The third kappa shape index (κ3) is 18.1. The van der Waals surface area contributed by atoms with E-state index in [9.17, 15) is 0 Å². The number of ether oxygens (including phenoxy) is 5. The van der Waals surface area contributed by atoms with Crippen LogP contribution >= 0.6 is 12.9 Å². The van der Waals surface area contributed by atoms with E-state index in [0.717, 1.165) is 0 Å². The zero-order valence-corrected chi connectivity index (χ0v) is 12.7. The number of hydrogen-bond donors (Lipinski definition) is 2. The molecule has 0 spiro atoms. The van der Waals surface area contributed by atoms with E-state index < -0.39 is 0 Å². The summed E-state index contributed by atoms with van der Waals surface area (Å²) in [6.07, 6.45) is 0. The molecule has 0 radical (unpaired) electrons. The summed E-state index contributed by atoms with van der Waals surface area (Å²) in [6.45, 7) is 5.56. The summed E-state index contributed by atoms with van der Waals surface area (Å²) in [6, 6.07) is 0. The van der Waals surface area contributed by atoms with Crippen molar-refractivity contribution in [1.29, 1.82) is 0 Å². The predicted octanol–water partition coefficient (Wildman–Crippen LogP) is -0.0769. The lowest BCUT2D eigenvalue weighted by Crippen LogP contribution is -2.14. The highest BCUT2D eigenvalue weighted by atomic mass is 32.1. The molecule has 0 aromatic rings. The Morgan fingerprint density at radius 2 is 0.800 bits per heavy atom. The summed E-state index contributed by atoms with van der Waals surface area (Å²) in [7, 11) is 0. The molecular formula is C12H26O7S. The smallest absolute Gasteiger partial charge is 0.0844 e. The molecule has 0 aromatic heterocycles. The van der Waals surface area contributed by atoms with E-state index in [2.05, 4.69) is 17.1 Å². The van der Waals surface area contributed by atoms with Gasteiger partial charge in [-0.3, -0.25) is 0 Å². The highest BCUT2D eigenvalue weighted by Gasteiger charge is 1.93. The Morgan fingerprint density at radius 1 is 0.500 bits per heavy atom. The lowest BCUT2D eigenvalue weighted by molar-refractivity contribution is -0.0143. The van der Waals surface area contributed by atoms with Gasteiger partial charge in [-0.05, 0) is 12.9 Å². The van der Waals surface area contributed by atoms with Gasteiger partial charge in [-0.1, -0.05) is 0 Å². The number of aliphatic hydroxyl groups excluding tert-OH is 1. The minimum absolute atomic E-state index is 0.0388. The molecule has 7 nitrogen and oxygen atoms in total. The van der Waals surface area contributed by atoms with Crippen LogP contribution in [-0.4, -0.2) is 84.4 Å². The van der Waals surface area contributed by atoms with Gasteiger partial charge in [0.2, 0.25) is 0 Å². The average Bonchev–Trinajstić information content (AvgIpc) is 2.47. The Bertz CT molecular complexity index is 156. The fraction of sp³-hybridized carbons (Fsp3) is 1.00. The number of rotatable bonds is 17. The largest absolute Gasteiger partial charge is 0.394 e. The first-order valence-corrected chi connectivity index (χ1v) is 7.04. The van der Waals surface area contributed by atoms with Crippen LogP contribution in [0.4, 0.5) is 0 Å². The zero-order chi connectivity index (χ0) is 14.7. The summed E-state index contributed by atoms with van der Waals surface area (Å²) in [5.41, 5.74) is 0. The van der Waals surface area contributed by atoms with Crippen LogP contribution in [0, 0.1) is 0 Å². The summed E-state index contributed by atoms with van der Waals surface area (Å²) < 4.78 is 30.6. The molecule has 0 rings (SSSR count). The Labute approximate surface area is 126 Å². The molecule has 0 aliphatic heterocycles. The second-order valence-corrected chi connectivity index (χ2v) is 3.88. The lowest BCUT2D eigenvalue weighted by Gasteiger charge is -2.07. The lowest BCUT2D eigenvalue weighted by atomic mass is 10.7. The summed E-state index contributed by atoms with van der Waals surface area (Å²) in [5, 5.41) is 8.47. The van der Waals surface area contributed by atoms with E-state index in [1.807, 2.05) is 0 Å². The summed E-state index contributed by atoms with van der Waals surface area (Å²) >= 11 is 3.59. The molecule has 0 heterocycles. The third-order valence-corrected chi connectivity index (χ3v) is 2.23. The Hall–Kier alpha value is 0.0700. The second kappa shape index (κ2) is 19.1. The van der Waals surface area contributed by atoms with E-state index >= 15 is 0 Å². The van der Waals surface area contributed by atoms with Gasteiger partial charge in [0.05, 0.1) is 79.3 Å². The second-order valence-electron chi connectivity index (χ2n) is 3.62. The Morgan fingerprint density at radius 3 is 1.10 bits per heavy atom. The van der Waals surface area contributed by atoms with Crippen molar-refractivity contribution in [3.63, 3.8) is 0 Å². The van der Waals surface area contributed by atoms with Crippen LogP contribution in [0.25, 0.3) is 0 Å². The van der Waals surface area contributed by atoms with Crippen molar-refractivity contribution in [1.82, 2.24) is 0 Å². The molecule has 0 unspecified atom stereocenters. The highest BCUT2D eigenvalue weighted by molar-refractivity contribution is 7.75. The SMILES string of the molecule is OCCOCCOCCOCCOCCOCCOS. The standard InChI is InChI=1S/C12H26O7S/c13-1-2-14-3-4-15-5-6-16-7-8-17-9-10-18-11-12-19-20/h13,20H,1-12H2. The van der Waals surface area contributed by atoms with Gasteiger partial charge in [0.15, 0.2) is 0 Å². The zero-order valence-electron chi connectivity index (χ0n) is 11.8. The van der Waals surface area contributed by atoms with Gasteiger partial charge < -0.3 is 33.0 Å². The minimum atomic E-state index is 0.0388. The van der Waals surface area contributed by atoms with Gasteiger partial charge in [-0.15, -0.1) is 0 Å². The van der Waals surface area contributed by atoms with E-state index in [-0.39, 0.29) is 6.61 Å². The molecular weight excluding hydrogens is 288 g/mol. The molecule has 8 heteroatoms. The quantitative estimate of drug-likeness (QED) is 0.221. The van der Waals surface area contributed by atoms with Crippen molar-refractivity contribution in [3.05, 3.63) is 0 Å². The minimum Gasteiger partial charge on any atom is -0.394 e. The van der Waals surface area contributed by atoms with Crippen LogP contribution in [0.1, 0.15) is 0 Å². The van der Waals surface area contributed by atoms with Crippen molar-refractivity contribution in [2.24, 2.45) is 0 Å². The van der Waals surface area contributed by atoms with Crippen molar-refractivity contribution >= 4 is 12.9 Å². The molecule has 0 atom stereocenters. The van der Waals surface area contributed by atoms with Crippen LogP contribution in [0.5, 0.6) is 0 Å². The Balaban J connectivity index is 2.89. The van der Waals surface area contributed by atoms with E-state index in [1.165, 1.54) is 0 Å². The molecule has 0 aromatic carbocycles. The van der Waals surface area contributed by atoms with Crippen LogP contribution in [-0.2, 0) is 27.9 Å². The molecule has 1 N–H and O–H groups in total. The van der Waals surface area contributed by atoms with Crippen molar-refractivity contribution in [3.8, 4) is 0 Å². The van der Waals surface area contributed by atoms with Crippen LogP contribution in [0.2, 0.25) is 0 Å². The third-order valence-electron chi connectivity index (χ3n) is 2.04. The molecule has 0 aliphatic carbocycles. The molecule has 0 amide bonds. The van der Waals surface area contributed by atoms with Gasteiger partial charge in [0, 0.05) is 0 Å². The average molecular weight is 314 g/mol. The first-order chi connectivity index (χ1) is 9.91. The first-order valence-electron chi connectivity index (χ1n) is 6.67. The molecule has 0 saturated carbocycles. The number of thiol groups is 1. The van der Waals surface area contributed by atoms with E-state index in [1.54, 1.807) is 0 Å². The number of aliphatic hydroxyl groups is 1. The maximum atomic E-state index is 8.47. The first kappa shape index (κ1) is 20.1. The van der Waals surface area contributed by atoms with Crippen molar-refractivity contribution in [2.45, 2.75) is 0 Å². The van der Waals surface area contributed by atoms with Crippen molar-refractivity contribution < 1.29 is 33.0 Å². The molecule has 122 valence electrons. The van der Waals surface area contributed by atoms with Gasteiger partial charge in [0.25, 0.3) is 0 Å². The topological polar surface area (TPSA) is 75.6 Å². The maximum absolute atomic E-state index is 8.47. The van der Waals surface area contributed by atoms with Crippen LogP contribution in [0.3, 0.4) is 0 Å². The molecule has 0 aliphatic rings. The molecule has 20 heavy (non-hydrogen) atoms. The van der Waals surface area contributed by atoms with Gasteiger partial charge in [-0.25, -0.2) is 0 Å². The van der Waals surface area contributed by atoms with Gasteiger partial charge in [0.1, 0.15) is 0 Å². The van der Waals surface area contributed by atoms with Crippen LogP contribution < -0.4 is 0 Å². The monoisotopic (exact) mass is 314 g/mol. The van der Waals surface area contributed by atoms with Gasteiger partial charge >= 0.3 is 0 Å². The normalized spacial score (nSPS) is 11.1. The maximum Gasteiger partial charge on any atom is 0.0844 e. The van der Waals surface area contributed by atoms with E-state index in [0.29, 0.717) is 72.7 Å². The van der Waals surface area contributed by atoms with E-state index in [4.69, 9.17) is 28.8 Å². The Kier molecular flexibility index (Phi) is 19.1. The molecule has 0 fully saturated rings. The van der Waals surface area contributed by atoms with Gasteiger partial charge in [-0.2, -0.15) is 0 Å². The summed E-state index contributed by atoms with van der Waals surface area (Å²) in [4.78, 5) is 0. The summed E-state index contributed by atoms with van der Waals surface area (Å²) in [5.74, 6) is 0. The predicted molar refractivity (Wildman–Crippen MR) is 76.1 cm³/mol. The number of hydrogen-bond acceptors (Lipinski definition) is 8. The van der Waals surface area contributed by atoms with Crippen molar-refractivity contribution in [2.75, 3.05) is 79.3 Å².